The van der Waals surface area contributed by atoms with E-state index in [1.54, 1.807) is 23.0 Å². The molecule has 0 unspecified atom stereocenters. The molecule has 6 nitrogen and oxygen atoms in total. The second kappa shape index (κ2) is 5.16. The van der Waals surface area contributed by atoms with Crippen LogP contribution in [0.1, 0.15) is 5.82 Å². The summed E-state index contributed by atoms with van der Waals surface area (Å²) in [7, 11) is 0. The molecule has 0 radical (unpaired) electrons. The third-order valence-corrected chi connectivity index (χ3v) is 2.71. The third kappa shape index (κ3) is 2.34. The van der Waals surface area contributed by atoms with Crippen molar-refractivity contribution < 1.29 is 4.92 Å². The predicted octanol–water partition coefficient (Wildman–Crippen LogP) is 1.94. The monoisotopic (exact) mass is 266 g/mol. The lowest BCUT2D eigenvalue weighted by Gasteiger charge is -2.08. The van der Waals surface area contributed by atoms with Gasteiger partial charge >= 0.3 is 0 Å². The highest BCUT2D eigenvalue weighted by Gasteiger charge is 2.17. The number of nitrogens with two attached hydrogens (primary N) is 1. The lowest BCUT2D eigenvalue weighted by molar-refractivity contribution is -0.384. The van der Waals surface area contributed by atoms with Gasteiger partial charge in [-0.05, 0) is 18.7 Å². The van der Waals surface area contributed by atoms with Crippen LogP contribution in [0.3, 0.4) is 0 Å². The molecule has 0 saturated carbocycles. The van der Waals surface area contributed by atoms with Crippen molar-refractivity contribution in [3.63, 3.8) is 0 Å². The molecule has 0 atom stereocenters. The van der Waals surface area contributed by atoms with Crippen molar-refractivity contribution in [2.45, 2.75) is 6.42 Å². The molecule has 2 rings (SSSR count). The van der Waals surface area contributed by atoms with Gasteiger partial charge in [0, 0.05) is 29.9 Å². The molecule has 18 heavy (non-hydrogen) atoms. The molecule has 0 amide bonds. The van der Waals surface area contributed by atoms with Crippen LogP contribution in [-0.4, -0.2) is 21.0 Å². The minimum atomic E-state index is -0.447. The first-order valence-electron chi connectivity index (χ1n) is 5.30. The molecule has 0 saturated heterocycles. The van der Waals surface area contributed by atoms with Crippen molar-refractivity contribution in [2.75, 3.05) is 6.54 Å². The molecule has 0 aliphatic heterocycles. The Kier molecular flexibility index (Phi) is 3.59. The minimum absolute atomic E-state index is 0.0179. The number of imidazole rings is 1. The van der Waals surface area contributed by atoms with E-state index in [9.17, 15) is 10.1 Å². The van der Waals surface area contributed by atoms with E-state index in [0.717, 1.165) is 0 Å². The van der Waals surface area contributed by atoms with Crippen LogP contribution in [0.15, 0.2) is 30.6 Å². The van der Waals surface area contributed by atoms with Crippen LogP contribution < -0.4 is 5.73 Å². The van der Waals surface area contributed by atoms with Gasteiger partial charge in [-0.15, -0.1) is 0 Å². The number of nitrogens with zero attached hydrogens (tertiary/aromatic N) is 3. The highest BCUT2D eigenvalue weighted by molar-refractivity contribution is 6.30. The maximum absolute atomic E-state index is 11.0. The Morgan fingerprint density at radius 1 is 1.50 bits per heavy atom. The van der Waals surface area contributed by atoms with E-state index in [1.165, 1.54) is 12.1 Å². The van der Waals surface area contributed by atoms with Gasteiger partial charge in [0.15, 0.2) is 0 Å². The molecule has 0 bridgehead atoms. The standard InChI is InChI=1S/C11H11ClN4O2/c12-8-1-2-9(16(17)18)10(7-8)15-6-5-14-11(15)3-4-13/h1-2,5-7H,3-4,13H2. The fraction of sp³-hybridized carbons (Fsp3) is 0.182. The topological polar surface area (TPSA) is 87.0 Å². The fourth-order valence-electron chi connectivity index (χ4n) is 1.71. The Bertz CT molecular complexity index is 582. The van der Waals surface area contributed by atoms with E-state index in [1.807, 2.05) is 0 Å². The molecule has 1 aromatic carbocycles. The number of halogens is 1. The number of benzene rings is 1. The molecule has 1 heterocycles. The minimum Gasteiger partial charge on any atom is -0.330 e. The SMILES string of the molecule is NCCc1nccn1-c1cc(Cl)ccc1[N+](=O)[O-]. The normalized spacial score (nSPS) is 10.6. The van der Waals surface area contributed by atoms with Crippen molar-refractivity contribution >= 4 is 17.3 Å². The maximum atomic E-state index is 11.0. The van der Waals surface area contributed by atoms with Crippen LogP contribution >= 0.6 is 11.6 Å². The number of rotatable bonds is 4. The molecular formula is C11H11ClN4O2. The Labute approximate surface area is 108 Å². The molecule has 0 fully saturated rings. The predicted molar refractivity (Wildman–Crippen MR) is 68.0 cm³/mol. The van der Waals surface area contributed by atoms with Crippen molar-refractivity contribution in [2.24, 2.45) is 5.73 Å². The van der Waals surface area contributed by atoms with Crippen molar-refractivity contribution in [3.05, 3.63) is 51.6 Å². The lowest BCUT2D eigenvalue weighted by atomic mass is 10.2. The average molecular weight is 267 g/mol. The molecule has 1 aromatic heterocycles. The zero-order valence-corrected chi connectivity index (χ0v) is 10.2. The van der Waals surface area contributed by atoms with Crippen LogP contribution in [0.2, 0.25) is 5.02 Å². The lowest BCUT2D eigenvalue weighted by Crippen LogP contribution is -2.09. The van der Waals surface area contributed by atoms with Gasteiger partial charge < -0.3 is 5.73 Å². The van der Waals surface area contributed by atoms with Crippen LogP contribution in [0, 0.1) is 10.1 Å². The number of hydrogen-bond donors (Lipinski definition) is 1. The van der Waals surface area contributed by atoms with Gasteiger partial charge in [0.2, 0.25) is 0 Å². The van der Waals surface area contributed by atoms with Gasteiger partial charge in [-0.25, -0.2) is 4.98 Å². The molecule has 0 spiro atoms. The first-order valence-corrected chi connectivity index (χ1v) is 5.68. The number of nitro groups is 1. The van der Waals surface area contributed by atoms with Crippen LogP contribution in [0.25, 0.3) is 5.69 Å². The van der Waals surface area contributed by atoms with Crippen molar-refractivity contribution in [1.82, 2.24) is 9.55 Å². The maximum Gasteiger partial charge on any atom is 0.293 e. The van der Waals surface area contributed by atoms with Crippen LogP contribution in [-0.2, 0) is 6.42 Å². The second-order valence-electron chi connectivity index (χ2n) is 3.64. The Morgan fingerprint density at radius 3 is 2.94 bits per heavy atom. The van der Waals surface area contributed by atoms with Crippen molar-refractivity contribution in [3.8, 4) is 5.69 Å². The summed E-state index contributed by atoms with van der Waals surface area (Å²) in [5, 5.41) is 11.4. The average Bonchev–Trinajstić information content (AvgIpc) is 2.77. The summed E-state index contributed by atoms with van der Waals surface area (Å²) in [6.45, 7) is 0.422. The highest BCUT2D eigenvalue weighted by atomic mass is 35.5. The van der Waals surface area contributed by atoms with Gasteiger partial charge in [-0.3, -0.25) is 14.7 Å². The summed E-state index contributed by atoms with van der Waals surface area (Å²) in [5.41, 5.74) is 5.86. The van der Waals surface area contributed by atoms with Crippen LogP contribution in [0.5, 0.6) is 0 Å². The summed E-state index contributed by atoms with van der Waals surface area (Å²) in [6.07, 6.45) is 3.77. The molecule has 0 aliphatic rings. The van der Waals surface area contributed by atoms with Crippen molar-refractivity contribution in [1.29, 1.82) is 0 Å². The first kappa shape index (κ1) is 12.5. The number of nitro benzene ring substituents is 1. The number of aromatic nitrogens is 2. The van der Waals surface area contributed by atoms with Gasteiger partial charge in [0.25, 0.3) is 5.69 Å². The van der Waals surface area contributed by atoms with E-state index in [-0.39, 0.29) is 5.69 Å². The second-order valence-corrected chi connectivity index (χ2v) is 4.08. The number of hydrogen-bond acceptors (Lipinski definition) is 4. The van der Waals surface area contributed by atoms with Gasteiger partial charge in [0.1, 0.15) is 11.5 Å². The molecule has 0 aliphatic carbocycles. The summed E-state index contributed by atoms with van der Waals surface area (Å²) < 4.78 is 1.64. The molecule has 7 heteroatoms. The smallest absolute Gasteiger partial charge is 0.293 e. The summed E-state index contributed by atoms with van der Waals surface area (Å²) in [6, 6.07) is 4.41. The van der Waals surface area contributed by atoms with Crippen LogP contribution in [0.4, 0.5) is 5.69 Å². The first-order chi connectivity index (χ1) is 8.63. The van der Waals surface area contributed by atoms with Gasteiger partial charge in [0.05, 0.1) is 4.92 Å². The molecule has 94 valence electrons. The molecule has 2 N–H and O–H groups in total. The Balaban J connectivity index is 2.58. The Hall–Kier alpha value is -1.92. The third-order valence-electron chi connectivity index (χ3n) is 2.48. The zero-order valence-electron chi connectivity index (χ0n) is 9.41. The fourth-order valence-corrected chi connectivity index (χ4v) is 1.88. The van der Waals surface area contributed by atoms with Gasteiger partial charge in [-0.1, -0.05) is 11.6 Å². The summed E-state index contributed by atoms with van der Waals surface area (Å²) in [4.78, 5) is 14.7. The highest BCUT2D eigenvalue weighted by Crippen LogP contribution is 2.27. The Morgan fingerprint density at radius 2 is 2.28 bits per heavy atom. The summed E-state index contributed by atoms with van der Waals surface area (Å²) in [5.74, 6) is 0.669. The van der Waals surface area contributed by atoms with E-state index in [4.69, 9.17) is 17.3 Å². The quantitative estimate of drug-likeness (QED) is 0.677. The van der Waals surface area contributed by atoms with E-state index in [2.05, 4.69) is 4.98 Å². The van der Waals surface area contributed by atoms with E-state index >= 15 is 0 Å². The van der Waals surface area contributed by atoms with Gasteiger partial charge in [-0.2, -0.15) is 0 Å². The summed E-state index contributed by atoms with van der Waals surface area (Å²) >= 11 is 5.89. The largest absolute Gasteiger partial charge is 0.330 e. The zero-order chi connectivity index (χ0) is 13.1. The molecule has 2 aromatic rings. The molecular weight excluding hydrogens is 256 g/mol. The van der Waals surface area contributed by atoms with E-state index < -0.39 is 4.92 Å². The van der Waals surface area contributed by atoms with E-state index in [0.29, 0.717) is 29.5 Å².